The Labute approximate surface area is 126 Å². The maximum absolute atomic E-state index is 6.07. The van der Waals surface area contributed by atoms with Crippen molar-refractivity contribution in [1.82, 2.24) is 5.32 Å². The van der Waals surface area contributed by atoms with Crippen molar-refractivity contribution in [1.29, 1.82) is 0 Å². The third-order valence-corrected chi connectivity index (χ3v) is 5.97. The molecule has 108 valence electrons. The summed E-state index contributed by atoms with van der Waals surface area (Å²) in [5, 5.41) is 3.82. The maximum atomic E-state index is 6.07. The minimum Gasteiger partial charge on any atom is -0.313 e. The standard InChI is InChI=1S/C16H26ClNS/c1-3-11-18-14(12-13-7-8-15(17)19-13)16(4-2)9-5-6-10-16/h7-8,14,18H,3-6,9-12H2,1-2H3. The molecule has 1 heterocycles. The summed E-state index contributed by atoms with van der Waals surface area (Å²) in [6.45, 7) is 5.75. The SMILES string of the molecule is CCCNC(Cc1ccc(Cl)s1)C1(CC)CCCC1. The molecule has 1 saturated carbocycles. The maximum Gasteiger partial charge on any atom is 0.0931 e. The Balaban J connectivity index is 2.10. The Kier molecular flexibility index (Phi) is 5.73. The summed E-state index contributed by atoms with van der Waals surface area (Å²) in [7, 11) is 0. The smallest absolute Gasteiger partial charge is 0.0931 e. The summed E-state index contributed by atoms with van der Waals surface area (Å²) >= 11 is 7.82. The number of hydrogen-bond donors (Lipinski definition) is 1. The van der Waals surface area contributed by atoms with E-state index < -0.39 is 0 Å². The first-order valence-electron chi connectivity index (χ1n) is 7.68. The molecule has 1 aromatic rings. The van der Waals surface area contributed by atoms with Crippen LogP contribution in [0, 0.1) is 5.41 Å². The molecule has 0 bridgehead atoms. The molecule has 1 aliphatic carbocycles. The Morgan fingerprint density at radius 2 is 2.05 bits per heavy atom. The highest BCUT2D eigenvalue weighted by Gasteiger charge is 2.39. The topological polar surface area (TPSA) is 12.0 Å². The second-order valence-electron chi connectivity index (χ2n) is 5.84. The lowest BCUT2D eigenvalue weighted by Crippen LogP contribution is -2.45. The van der Waals surface area contributed by atoms with Gasteiger partial charge in [-0.15, -0.1) is 11.3 Å². The lowest BCUT2D eigenvalue weighted by Gasteiger charge is -2.37. The Bertz CT molecular complexity index is 382. The van der Waals surface area contributed by atoms with E-state index in [1.54, 1.807) is 11.3 Å². The van der Waals surface area contributed by atoms with Crippen molar-refractivity contribution in [3.05, 3.63) is 21.3 Å². The van der Waals surface area contributed by atoms with E-state index in [-0.39, 0.29) is 0 Å². The molecule has 0 aliphatic heterocycles. The van der Waals surface area contributed by atoms with Gasteiger partial charge in [0.25, 0.3) is 0 Å². The van der Waals surface area contributed by atoms with Gasteiger partial charge in [-0.2, -0.15) is 0 Å². The molecule has 3 heteroatoms. The van der Waals surface area contributed by atoms with Crippen molar-refractivity contribution in [2.24, 2.45) is 5.41 Å². The lowest BCUT2D eigenvalue weighted by atomic mass is 9.74. The molecule has 1 nitrogen and oxygen atoms in total. The molecule has 1 atom stereocenters. The molecular formula is C16H26ClNS. The van der Waals surface area contributed by atoms with E-state index in [1.165, 1.54) is 43.4 Å². The van der Waals surface area contributed by atoms with Crippen LogP contribution >= 0.6 is 22.9 Å². The van der Waals surface area contributed by atoms with E-state index in [4.69, 9.17) is 11.6 Å². The summed E-state index contributed by atoms with van der Waals surface area (Å²) in [5.41, 5.74) is 0.519. The Morgan fingerprint density at radius 3 is 2.58 bits per heavy atom. The highest BCUT2D eigenvalue weighted by Crippen LogP contribution is 2.45. The highest BCUT2D eigenvalue weighted by molar-refractivity contribution is 7.16. The van der Waals surface area contributed by atoms with Gasteiger partial charge in [0.2, 0.25) is 0 Å². The molecule has 1 unspecified atom stereocenters. The van der Waals surface area contributed by atoms with Crippen molar-refractivity contribution in [3.63, 3.8) is 0 Å². The quantitative estimate of drug-likeness (QED) is 0.722. The molecule has 2 rings (SSSR count). The fraction of sp³-hybridized carbons (Fsp3) is 0.750. The Morgan fingerprint density at radius 1 is 1.32 bits per heavy atom. The van der Waals surface area contributed by atoms with Crippen LogP contribution in [0.3, 0.4) is 0 Å². The minimum atomic E-state index is 0.519. The predicted molar refractivity (Wildman–Crippen MR) is 86.3 cm³/mol. The van der Waals surface area contributed by atoms with Crippen LogP contribution in [0.5, 0.6) is 0 Å². The zero-order valence-electron chi connectivity index (χ0n) is 12.2. The number of halogens is 1. The molecule has 0 spiro atoms. The number of rotatable bonds is 7. The lowest BCUT2D eigenvalue weighted by molar-refractivity contribution is 0.185. The molecular weight excluding hydrogens is 274 g/mol. The van der Waals surface area contributed by atoms with Crippen LogP contribution in [0.1, 0.15) is 57.2 Å². The molecule has 1 fully saturated rings. The first-order chi connectivity index (χ1) is 9.20. The summed E-state index contributed by atoms with van der Waals surface area (Å²) in [6.07, 6.45) is 9.25. The normalized spacial score (nSPS) is 19.7. The van der Waals surface area contributed by atoms with Gasteiger partial charge < -0.3 is 5.32 Å². The third-order valence-electron chi connectivity index (χ3n) is 4.72. The van der Waals surface area contributed by atoms with E-state index in [0.29, 0.717) is 11.5 Å². The zero-order valence-corrected chi connectivity index (χ0v) is 13.7. The second kappa shape index (κ2) is 7.10. The van der Waals surface area contributed by atoms with Crippen LogP contribution in [0.2, 0.25) is 4.34 Å². The molecule has 19 heavy (non-hydrogen) atoms. The average molecular weight is 300 g/mol. The third kappa shape index (κ3) is 3.74. The van der Waals surface area contributed by atoms with Crippen molar-refractivity contribution >= 4 is 22.9 Å². The van der Waals surface area contributed by atoms with Gasteiger partial charge >= 0.3 is 0 Å². The second-order valence-corrected chi connectivity index (χ2v) is 7.64. The van der Waals surface area contributed by atoms with Gasteiger partial charge in [0, 0.05) is 10.9 Å². The molecule has 1 N–H and O–H groups in total. The molecule has 0 aromatic carbocycles. The first kappa shape index (κ1) is 15.3. The zero-order chi connectivity index (χ0) is 13.7. The first-order valence-corrected chi connectivity index (χ1v) is 8.87. The summed E-state index contributed by atoms with van der Waals surface area (Å²) in [6, 6.07) is 4.85. The predicted octanol–water partition coefficient (Wildman–Crippen LogP) is 5.28. The van der Waals surface area contributed by atoms with Crippen molar-refractivity contribution in [2.75, 3.05) is 6.54 Å². The monoisotopic (exact) mass is 299 g/mol. The van der Waals surface area contributed by atoms with Crippen LogP contribution in [0.25, 0.3) is 0 Å². The summed E-state index contributed by atoms with van der Waals surface area (Å²) < 4.78 is 0.918. The minimum absolute atomic E-state index is 0.519. The van der Waals surface area contributed by atoms with Crippen molar-refractivity contribution < 1.29 is 0 Å². The van der Waals surface area contributed by atoms with E-state index in [0.717, 1.165) is 17.3 Å². The van der Waals surface area contributed by atoms with Crippen LogP contribution < -0.4 is 5.32 Å². The fourth-order valence-electron chi connectivity index (χ4n) is 3.51. The number of nitrogens with one attached hydrogen (secondary N) is 1. The van der Waals surface area contributed by atoms with E-state index in [1.807, 2.05) is 6.07 Å². The number of hydrogen-bond acceptors (Lipinski definition) is 2. The average Bonchev–Trinajstić information content (AvgIpc) is 3.04. The van der Waals surface area contributed by atoms with Crippen LogP contribution in [0.15, 0.2) is 12.1 Å². The van der Waals surface area contributed by atoms with Crippen LogP contribution in [-0.2, 0) is 6.42 Å². The van der Waals surface area contributed by atoms with Gasteiger partial charge in [-0.05, 0) is 56.2 Å². The molecule has 1 aromatic heterocycles. The van der Waals surface area contributed by atoms with Crippen molar-refractivity contribution in [2.45, 2.75) is 64.8 Å². The van der Waals surface area contributed by atoms with Crippen molar-refractivity contribution in [3.8, 4) is 0 Å². The van der Waals surface area contributed by atoms with E-state index in [9.17, 15) is 0 Å². The van der Waals surface area contributed by atoms with E-state index in [2.05, 4.69) is 25.2 Å². The summed E-state index contributed by atoms with van der Waals surface area (Å²) in [4.78, 5) is 1.43. The molecule has 0 saturated heterocycles. The highest BCUT2D eigenvalue weighted by atomic mass is 35.5. The van der Waals surface area contributed by atoms with E-state index >= 15 is 0 Å². The van der Waals surface area contributed by atoms with Gasteiger partial charge in [-0.1, -0.05) is 38.3 Å². The van der Waals surface area contributed by atoms with Crippen LogP contribution in [0.4, 0.5) is 0 Å². The van der Waals surface area contributed by atoms with Gasteiger partial charge in [0.05, 0.1) is 4.34 Å². The largest absolute Gasteiger partial charge is 0.313 e. The molecule has 1 aliphatic rings. The van der Waals surface area contributed by atoms with Gasteiger partial charge in [0.1, 0.15) is 0 Å². The fourth-order valence-corrected chi connectivity index (χ4v) is 4.65. The van der Waals surface area contributed by atoms with Crippen LogP contribution in [-0.4, -0.2) is 12.6 Å². The van der Waals surface area contributed by atoms with Gasteiger partial charge in [-0.25, -0.2) is 0 Å². The van der Waals surface area contributed by atoms with Gasteiger partial charge in [0.15, 0.2) is 0 Å². The number of thiophene rings is 1. The molecule has 0 amide bonds. The molecule has 0 radical (unpaired) electrons. The summed E-state index contributed by atoms with van der Waals surface area (Å²) in [5.74, 6) is 0. The van der Waals surface area contributed by atoms with Gasteiger partial charge in [-0.3, -0.25) is 0 Å². The Hall–Kier alpha value is -0.0500.